The summed E-state index contributed by atoms with van der Waals surface area (Å²) in [5.41, 5.74) is 0. The van der Waals surface area contributed by atoms with Crippen LogP contribution in [0.4, 0.5) is 0 Å². The van der Waals surface area contributed by atoms with Crippen LogP contribution in [0.15, 0.2) is 0 Å². The minimum Gasteiger partial charge on any atom is -0.383 e. The summed E-state index contributed by atoms with van der Waals surface area (Å²) in [5.74, 6) is 0.324. The highest BCUT2D eigenvalue weighted by Gasteiger charge is 2.15. The average Bonchev–Trinajstić information content (AvgIpc) is 2.38. The average molecular weight is 318 g/mol. The Balaban J connectivity index is 3.59. The SMILES string of the molecule is CC(=O)NCCSC(=O)CCCNC(=O)[C@@H](O)CC(C)C. The first-order chi connectivity index (χ1) is 9.82. The van der Waals surface area contributed by atoms with E-state index in [1.54, 1.807) is 0 Å². The normalized spacial score (nSPS) is 12.0. The van der Waals surface area contributed by atoms with Crippen LogP contribution < -0.4 is 10.6 Å². The van der Waals surface area contributed by atoms with E-state index in [2.05, 4.69) is 10.6 Å². The van der Waals surface area contributed by atoms with Crippen LogP contribution in [0.5, 0.6) is 0 Å². The minimum atomic E-state index is -0.979. The smallest absolute Gasteiger partial charge is 0.248 e. The van der Waals surface area contributed by atoms with Crippen LogP contribution in [-0.2, 0) is 14.4 Å². The van der Waals surface area contributed by atoms with Gasteiger partial charge in [0, 0.05) is 32.2 Å². The summed E-state index contributed by atoms with van der Waals surface area (Å²) in [4.78, 5) is 33.6. The van der Waals surface area contributed by atoms with Gasteiger partial charge in [0.1, 0.15) is 6.10 Å². The molecule has 0 aromatic rings. The van der Waals surface area contributed by atoms with Gasteiger partial charge >= 0.3 is 0 Å². The van der Waals surface area contributed by atoms with Crippen LogP contribution >= 0.6 is 11.8 Å². The molecule has 7 heteroatoms. The first-order valence-electron chi connectivity index (χ1n) is 7.18. The molecule has 0 heterocycles. The fraction of sp³-hybridized carbons (Fsp3) is 0.786. The minimum absolute atomic E-state index is 0.0392. The summed E-state index contributed by atoms with van der Waals surface area (Å²) in [5, 5.41) is 14.8. The first-order valence-corrected chi connectivity index (χ1v) is 8.17. The summed E-state index contributed by atoms with van der Waals surface area (Å²) >= 11 is 1.18. The first kappa shape index (κ1) is 19.9. The lowest BCUT2D eigenvalue weighted by molar-refractivity contribution is -0.130. The quantitative estimate of drug-likeness (QED) is 0.515. The number of amides is 2. The van der Waals surface area contributed by atoms with E-state index in [0.29, 0.717) is 38.1 Å². The third-order valence-corrected chi connectivity index (χ3v) is 3.53. The van der Waals surface area contributed by atoms with Crippen molar-refractivity contribution in [1.29, 1.82) is 0 Å². The molecular weight excluding hydrogens is 292 g/mol. The second-order valence-electron chi connectivity index (χ2n) is 5.24. The summed E-state index contributed by atoms with van der Waals surface area (Å²) in [6, 6.07) is 0. The Morgan fingerprint density at radius 1 is 1.14 bits per heavy atom. The maximum Gasteiger partial charge on any atom is 0.248 e. The van der Waals surface area contributed by atoms with Crippen molar-refractivity contribution in [2.24, 2.45) is 5.92 Å². The molecule has 0 unspecified atom stereocenters. The molecular formula is C14H26N2O4S. The van der Waals surface area contributed by atoms with Gasteiger partial charge in [-0.2, -0.15) is 0 Å². The van der Waals surface area contributed by atoms with E-state index >= 15 is 0 Å². The Bertz CT molecular complexity index is 348. The lowest BCUT2D eigenvalue weighted by Gasteiger charge is -2.12. The number of carbonyl (C=O) groups excluding carboxylic acids is 3. The molecule has 0 aliphatic rings. The number of aliphatic hydroxyl groups is 1. The highest BCUT2D eigenvalue weighted by molar-refractivity contribution is 8.13. The van der Waals surface area contributed by atoms with Crippen LogP contribution in [-0.4, -0.2) is 47.0 Å². The largest absolute Gasteiger partial charge is 0.383 e. The maximum atomic E-state index is 11.5. The van der Waals surface area contributed by atoms with Crippen LogP contribution in [0, 0.1) is 5.92 Å². The van der Waals surface area contributed by atoms with Crippen molar-refractivity contribution in [2.75, 3.05) is 18.8 Å². The van der Waals surface area contributed by atoms with Gasteiger partial charge in [0.05, 0.1) is 0 Å². The van der Waals surface area contributed by atoms with Crippen LogP contribution in [0.2, 0.25) is 0 Å². The monoisotopic (exact) mass is 318 g/mol. The number of rotatable bonds is 10. The molecule has 0 aromatic carbocycles. The Hall–Kier alpha value is -1.08. The lowest BCUT2D eigenvalue weighted by atomic mass is 10.1. The Labute approximate surface area is 130 Å². The third-order valence-electron chi connectivity index (χ3n) is 2.59. The molecule has 0 saturated carbocycles. The summed E-state index contributed by atoms with van der Waals surface area (Å²) in [7, 11) is 0. The molecule has 21 heavy (non-hydrogen) atoms. The predicted octanol–water partition coefficient (Wildman–Crippen LogP) is 0.686. The number of thioether (sulfide) groups is 1. The van der Waals surface area contributed by atoms with E-state index in [9.17, 15) is 19.5 Å². The maximum absolute atomic E-state index is 11.5. The fourth-order valence-corrected chi connectivity index (χ4v) is 2.30. The molecule has 1 atom stereocenters. The Morgan fingerprint density at radius 3 is 2.38 bits per heavy atom. The number of hydrogen-bond donors (Lipinski definition) is 3. The van der Waals surface area contributed by atoms with Gasteiger partial charge < -0.3 is 15.7 Å². The molecule has 0 aliphatic heterocycles. The fourth-order valence-electron chi connectivity index (χ4n) is 1.58. The van der Waals surface area contributed by atoms with Crippen molar-refractivity contribution in [3.8, 4) is 0 Å². The lowest BCUT2D eigenvalue weighted by Crippen LogP contribution is -2.36. The zero-order chi connectivity index (χ0) is 16.3. The van der Waals surface area contributed by atoms with Crippen molar-refractivity contribution >= 4 is 28.7 Å². The van der Waals surface area contributed by atoms with Gasteiger partial charge in [-0.1, -0.05) is 25.6 Å². The van der Waals surface area contributed by atoms with Crippen LogP contribution in [0.3, 0.4) is 0 Å². The summed E-state index contributed by atoms with van der Waals surface area (Å²) in [6.07, 6.45) is 0.369. The van der Waals surface area contributed by atoms with Gasteiger partial charge in [-0.25, -0.2) is 0 Å². The van der Waals surface area contributed by atoms with Gasteiger partial charge in [0.2, 0.25) is 11.8 Å². The third kappa shape index (κ3) is 12.4. The molecule has 0 radical (unpaired) electrons. The van der Waals surface area contributed by atoms with Gasteiger partial charge in [-0.05, 0) is 18.8 Å². The number of aliphatic hydroxyl groups excluding tert-OH is 1. The van der Waals surface area contributed by atoms with E-state index < -0.39 is 6.10 Å². The second kappa shape index (κ2) is 11.6. The van der Waals surface area contributed by atoms with Gasteiger partial charge in [0.25, 0.3) is 0 Å². The van der Waals surface area contributed by atoms with Crippen molar-refractivity contribution < 1.29 is 19.5 Å². The van der Waals surface area contributed by atoms with E-state index in [-0.39, 0.29) is 22.8 Å². The van der Waals surface area contributed by atoms with Crippen molar-refractivity contribution in [2.45, 2.75) is 46.1 Å². The summed E-state index contributed by atoms with van der Waals surface area (Å²) in [6.45, 7) is 6.17. The van der Waals surface area contributed by atoms with E-state index in [0.717, 1.165) is 0 Å². The standard InChI is InChI=1S/C14H26N2O4S/c1-10(2)9-12(18)14(20)16-6-4-5-13(19)21-8-7-15-11(3)17/h10,12,18H,4-9H2,1-3H3,(H,15,17)(H,16,20)/t12-/m0/s1. The molecule has 0 bridgehead atoms. The molecule has 0 spiro atoms. The number of carbonyl (C=O) groups is 3. The topological polar surface area (TPSA) is 95.5 Å². The molecule has 0 rings (SSSR count). The molecule has 0 aliphatic carbocycles. The molecule has 0 aromatic heterocycles. The van der Waals surface area contributed by atoms with Crippen molar-refractivity contribution in [3.63, 3.8) is 0 Å². The second-order valence-corrected chi connectivity index (χ2v) is 6.40. The summed E-state index contributed by atoms with van der Waals surface area (Å²) < 4.78 is 0. The molecule has 6 nitrogen and oxygen atoms in total. The zero-order valence-electron chi connectivity index (χ0n) is 13.0. The molecule has 0 saturated heterocycles. The highest BCUT2D eigenvalue weighted by atomic mass is 32.2. The van der Waals surface area contributed by atoms with Gasteiger partial charge in [-0.15, -0.1) is 0 Å². The number of nitrogens with one attached hydrogen (secondary N) is 2. The van der Waals surface area contributed by atoms with E-state index in [1.807, 2.05) is 13.8 Å². The predicted molar refractivity (Wildman–Crippen MR) is 83.9 cm³/mol. The van der Waals surface area contributed by atoms with E-state index in [1.165, 1.54) is 18.7 Å². The Morgan fingerprint density at radius 2 is 1.81 bits per heavy atom. The molecule has 2 amide bonds. The zero-order valence-corrected chi connectivity index (χ0v) is 13.8. The van der Waals surface area contributed by atoms with Crippen molar-refractivity contribution in [1.82, 2.24) is 10.6 Å². The van der Waals surface area contributed by atoms with Crippen LogP contribution in [0.1, 0.15) is 40.0 Å². The molecule has 122 valence electrons. The molecule has 3 N–H and O–H groups in total. The van der Waals surface area contributed by atoms with Gasteiger partial charge in [0.15, 0.2) is 5.12 Å². The van der Waals surface area contributed by atoms with E-state index in [4.69, 9.17) is 0 Å². The van der Waals surface area contributed by atoms with Gasteiger partial charge in [-0.3, -0.25) is 14.4 Å². The van der Waals surface area contributed by atoms with Crippen molar-refractivity contribution in [3.05, 3.63) is 0 Å². The highest BCUT2D eigenvalue weighted by Crippen LogP contribution is 2.07. The molecule has 0 fully saturated rings. The number of hydrogen-bond acceptors (Lipinski definition) is 5. The Kier molecular flexibility index (Phi) is 11.0. The van der Waals surface area contributed by atoms with Crippen LogP contribution in [0.25, 0.3) is 0 Å².